The summed E-state index contributed by atoms with van der Waals surface area (Å²) in [4.78, 5) is 32.8. The topological polar surface area (TPSA) is 53.1 Å². The zero-order valence-electron chi connectivity index (χ0n) is 20.5. The average Bonchev–Trinajstić information content (AvgIpc) is 3.23. The van der Waals surface area contributed by atoms with Crippen LogP contribution in [0.1, 0.15) is 56.9 Å². The summed E-state index contributed by atoms with van der Waals surface area (Å²) in [7, 11) is 5.31. The summed E-state index contributed by atoms with van der Waals surface area (Å²) in [6, 6.07) is 7.98. The number of ether oxygens (including phenoxy) is 1. The molecule has 6 nitrogen and oxygen atoms in total. The highest BCUT2D eigenvalue weighted by atomic mass is 16.5. The lowest BCUT2D eigenvalue weighted by molar-refractivity contribution is -0.154. The van der Waals surface area contributed by atoms with E-state index in [4.69, 9.17) is 4.74 Å². The molecule has 4 aliphatic carbocycles. The van der Waals surface area contributed by atoms with Gasteiger partial charge in [-0.15, -0.1) is 0 Å². The average molecular weight is 454 g/mol. The minimum Gasteiger partial charge on any atom is -0.497 e. The lowest BCUT2D eigenvalue weighted by Crippen LogP contribution is -2.62. The van der Waals surface area contributed by atoms with E-state index >= 15 is 0 Å². The highest BCUT2D eigenvalue weighted by Gasteiger charge is 2.54. The smallest absolute Gasteiger partial charge is 0.239 e. The molecule has 1 aliphatic heterocycles. The standard InChI is InChI=1S/C27H39N3O3/c1-28(2)26(32)24-8-5-9-29(24)18-25(31)30(17-19-6-4-7-23(13-19)33-3)27-14-20-10-21(15-27)12-22(11-20)16-27/h4,6-7,13,20-22,24H,5,8-12,14-18H2,1-3H3. The van der Waals surface area contributed by atoms with Crippen LogP contribution < -0.4 is 4.74 Å². The molecule has 0 spiro atoms. The minimum atomic E-state index is -0.168. The van der Waals surface area contributed by atoms with Crippen LogP contribution in [0.4, 0.5) is 0 Å². The number of benzene rings is 1. The maximum absolute atomic E-state index is 14.0. The fourth-order valence-electron chi connectivity index (χ4n) is 7.72. The van der Waals surface area contributed by atoms with Gasteiger partial charge in [0.25, 0.3) is 0 Å². The van der Waals surface area contributed by atoms with Crippen molar-refractivity contribution in [2.24, 2.45) is 17.8 Å². The number of methoxy groups -OCH3 is 1. The maximum Gasteiger partial charge on any atom is 0.239 e. The van der Waals surface area contributed by atoms with E-state index in [-0.39, 0.29) is 23.4 Å². The van der Waals surface area contributed by atoms with E-state index in [1.54, 1.807) is 12.0 Å². The van der Waals surface area contributed by atoms with Crippen LogP contribution in [0.5, 0.6) is 5.75 Å². The zero-order chi connectivity index (χ0) is 23.2. The highest BCUT2D eigenvalue weighted by molar-refractivity contribution is 5.84. The monoisotopic (exact) mass is 453 g/mol. The molecular formula is C27H39N3O3. The quantitative estimate of drug-likeness (QED) is 0.634. The third kappa shape index (κ3) is 4.39. The van der Waals surface area contributed by atoms with Crippen LogP contribution in [-0.2, 0) is 16.1 Å². The van der Waals surface area contributed by atoms with Crippen molar-refractivity contribution in [2.45, 2.75) is 69.5 Å². The summed E-state index contributed by atoms with van der Waals surface area (Å²) < 4.78 is 5.46. The molecule has 6 heteroatoms. The van der Waals surface area contributed by atoms with Gasteiger partial charge < -0.3 is 14.5 Å². The van der Waals surface area contributed by atoms with Gasteiger partial charge in [0, 0.05) is 26.2 Å². The lowest BCUT2D eigenvalue weighted by Gasteiger charge is -2.60. The van der Waals surface area contributed by atoms with Crippen molar-refractivity contribution in [1.82, 2.24) is 14.7 Å². The molecule has 5 aliphatic rings. The molecule has 1 atom stereocenters. The molecule has 180 valence electrons. The molecule has 2 amide bonds. The van der Waals surface area contributed by atoms with Gasteiger partial charge in [-0.1, -0.05) is 12.1 Å². The molecule has 1 saturated heterocycles. The van der Waals surface area contributed by atoms with Crippen LogP contribution in [0.25, 0.3) is 0 Å². The normalized spacial score (nSPS) is 32.7. The molecule has 1 aromatic carbocycles. The maximum atomic E-state index is 14.0. The molecule has 1 heterocycles. The number of hydrogen-bond donors (Lipinski definition) is 0. The Labute approximate surface area is 198 Å². The Kier molecular flexibility index (Phi) is 6.15. The van der Waals surface area contributed by atoms with E-state index in [0.717, 1.165) is 67.7 Å². The first-order valence-corrected chi connectivity index (χ1v) is 12.8. The summed E-state index contributed by atoms with van der Waals surface area (Å²) in [5, 5.41) is 0. The third-order valence-electron chi connectivity index (χ3n) is 8.78. The van der Waals surface area contributed by atoms with Gasteiger partial charge in [-0.05, 0) is 93.4 Å². The molecule has 33 heavy (non-hydrogen) atoms. The van der Waals surface area contributed by atoms with E-state index in [0.29, 0.717) is 13.1 Å². The number of rotatable bonds is 7. The van der Waals surface area contributed by atoms with Crippen LogP contribution >= 0.6 is 0 Å². The van der Waals surface area contributed by atoms with Crippen LogP contribution in [0, 0.1) is 17.8 Å². The van der Waals surface area contributed by atoms with E-state index < -0.39 is 0 Å². The molecule has 1 unspecified atom stereocenters. The van der Waals surface area contributed by atoms with E-state index in [1.165, 1.54) is 19.3 Å². The number of carbonyl (C=O) groups excluding carboxylic acids is 2. The molecule has 5 fully saturated rings. The van der Waals surface area contributed by atoms with Gasteiger partial charge in [0.1, 0.15) is 5.75 Å². The van der Waals surface area contributed by atoms with Gasteiger partial charge >= 0.3 is 0 Å². The Morgan fingerprint density at radius 1 is 1.09 bits per heavy atom. The first-order valence-electron chi connectivity index (χ1n) is 12.8. The predicted molar refractivity (Wildman–Crippen MR) is 128 cm³/mol. The Balaban J connectivity index is 1.41. The largest absolute Gasteiger partial charge is 0.497 e. The van der Waals surface area contributed by atoms with Crippen LogP contribution in [0.15, 0.2) is 24.3 Å². The molecule has 0 aromatic heterocycles. The van der Waals surface area contributed by atoms with E-state index in [2.05, 4.69) is 21.9 Å². The van der Waals surface area contributed by atoms with Crippen molar-refractivity contribution in [3.63, 3.8) is 0 Å². The minimum absolute atomic E-state index is 0.0182. The number of hydrogen-bond acceptors (Lipinski definition) is 4. The fraction of sp³-hybridized carbons (Fsp3) is 0.704. The SMILES string of the molecule is COc1cccc(CN(C(=O)CN2CCCC2C(=O)N(C)C)C23CC4CC(CC(C4)C2)C3)c1. The first kappa shape index (κ1) is 22.7. The number of amides is 2. The Bertz CT molecular complexity index is 863. The van der Waals surface area contributed by atoms with Crippen molar-refractivity contribution < 1.29 is 14.3 Å². The van der Waals surface area contributed by atoms with Gasteiger partial charge in [-0.25, -0.2) is 0 Å². The number of likely N-dealkylation sites (N-methyl/N-ethyl adjacent to an activating group) is 1. The van der Waals surface area contributed by atoms with Gasteiger partial charge in [0.05, 0.1) is 19.7 Å². The number of nitrogens with zero attached hydrogens (tertiary/aromatic N) is 3. The van der Waals surface area contributed by atoms with Crippen molar-refractivity contribution in [3.05, 3.63) is 29.8 Å². The number of carbonyl (C=O) groups is 2. The van der Waals surface area contributed by atoms with Gasteiger partial charge in [-0.2, -0.15) is 0 Å². The molecule has 1 aromatic rings. The zero-order valence-corrected chi connectivity index (χ0v) is 20.5. The lowest BCUT2D eigenvalue weighted by atomic mass is 9.52. The molecule has 4 bridgehead atoms. The molecular weight excluding hydrogens is 414 g/mol. The summed E-state index contributed by atoms with van der Waals surface area (Å²) in [5.74, 6) is 3.46. The summed E-state index contributed by atoms with van der Waals surface area (Å²) in [6.45, 7) is 1.79. The van der Waals surface area contributed by atoms with E-state index in [1.807, 2.05) is 26.2 Å². The first-order chi connectivity index (χ1) is 15.9. The summed E-state index contributed by atoms with van der Waals surface area (Å²) in [6.07, 6.45) is 9.32. The van der Waals surface area contributed by atoms with Crippen molar-refractivity contribution in [3.8, 4) is 5.75 Å². The van der Waals surface area contributed by atoms with Crippen molar-refractivity contribution in [1.29, 1.82) is 0 Å². The Hall–Kier alpha value is -2.08. The fourth-order valence-corrected chi connectivity index (χ4v) is 7.72. The second-order valence-electron chi connectivity index (χ2n) is 11.3. The molecule has 6 rings (SSSR count). The Morgan fingerprint density at radius 2 is 1.76 bits per heavy atom. The Morgan fingerprint density at radius 3 is 2.36 bits per heavy atom. The van der Waals surface area contributed by atoms with Gasteiger partial charge in [0.2, 0.25) is 11.8 Å². The second-order valence-corrected chi connectivity index (χ2v) is 11.3. The van der Waals surface area contributed by atoms with Crippen molar-refractivity contribution in [2.75, 3.05) is 34.3 Å². The van der Waals surface area contributed by atoms with Gasteiger partial charge in [0.15, 0.2) is 0 Å². The molecule has 0 radical (unpaired) electrons. The molecule has 4 saturated carbocycles. The van der Waals surface area contributed by atoms with Gasteiger partial charge in [-0.3, -0.25) is 14.5 Å². The predicted octanol–water partition coefficient (Wildman–Crippen LogP) is 3.55. The number of likely N-dealkylation sites (tertiary alicyclic amines) is 1. The highest BCUT2D eigenvalue weighted by Crippen LogP contribution is 2.58. The van der Waals surface area contributed by atoms with Crippen LogP contribution in [0.2, 0.25) is 0 Å². The summed E-state index contributed by atoms with van der Waals surface area (Å²) in [5.41, 5.74) is 1.11. The van der Waals surface area contributed by atoms with Crippen molar-refractivity contribution >= 4 is 11.8 Å². The van der Waals surface area contributed by atoms with Crippen LogP contribution in [-0.4, -0.2) is 72.4 Å². The summed E-state index contributed by atoms with van der Waals surface area (Å²) >= 11 is 0. The van der Waals surface area contributed by atoms with E-state index in [9.17, 15) is 9.59 Å². The molecule has 0 N–H and O–H groups in total. The van der Waals surface area contributed by atoms with Crippen LogP contribution in [0.3, 0.4) is 0 Å². The third-order valence-corrected chi connectivity index (χ3v) is 8.78. The second kappa shape index (κ2) is 8.94.